The number of fused-ring (bicyclic) bond motifs is 1. The molecule has 2 aromatic heterocycles. The SMILES string of the molecule is C=N/C(=C\c1nncn1C)Oc1ccc(Nc2ncnc3cc(OCCOC)c(NC(=O)/C=C/[C@H]4CCCN4)cc23)cc1C. The van der Waals surface area contributed by atoms with E-state index in [0.29, 0.717) is 58.8 Å². The molecule has 3 heterocycles. The van der Waals surface area contributed by atoms with E-state index in [4.69, 9.17) is 14.2 Å². The molecule has 1 fully saturated rings. The average molecular weight is 598 g/mol. The average Bonchev–Trinajstić information content (AvgIpc) is 3.69. The number of aliphatic imine (C=N–C) groups is 1. The lowest BCUT2D eigenvalue weighted by Crippen LogP contribution is -2.19. The Morgan fingerprint density at radius 3 is 2.84 bits per heavy atom. The maximum atomic E-state index is 12.8. The van der Waals surface area contributed by atoms with Crippen molar-refractivity contribution in [2.24, 2.45) is 12.0 Å². The van der Waals surface area contributed by atoms with Crippen LogP contribution in [0.4, 0.5) is 17.2 Å². The van der Waals surface area contributed by atoms with Gasteiger partial charge in [-0.2, -0.15) is 0 Å². The van der Waals surface area contributed by atoms with Crippen molar-refractivity contribution in [1.29, 1.82) is 0 Å². The van der Waals surface area contributed by atoms with Gasteiger partial charge in [0.05, 0.1) is 17.8 Å². The van der Waals surface area contributed by atoms with Crippen LogP contribution >= 0.6 is 0 Å². The van der Waals surface area contributed by atoms with Gasteiger partial charge in [0.1, 0.15) is 36.6 Å². The number of nitrogens with one attached hydrogen (secondary N) is 3. The first-order valence-electron chi connectivity index (χ1n) is 14.1. The molecule has 0 radical (unpaired) electrons. The standard InChI is InChI=1S/C31H35N9O4/c1-20-14-22(7-9-26(20)44-30(32-2)17-28-39-36-19-40(28)3)37-31-23-15-25(38-29(41)10-8-21-6-5-11-33-21)27(43-13-12-42-4)16-24(23)34-18-35-31/h7-10,14-19,21,33H,2,5-6,11-13H2,1,3-4H3,(H,38,41)(H,34,35,37)/b10-8+,30-17+/t21-/m1/s1. The van der Waals surface area contributed by atoms with Gasteiger partial charge < -0.3 is 34.7 Å². The van der Waals surface area contributed by atoms with Gasteiger partial charge in [0.15, 0.2) is 5.82 Å². The number of hydrogen-bond acceptors (Lipinski definition) is 11. The molecule has 5 rings (SSSR count). The molecule has 2 aromatic carbocycles. The summed E-state index contributed by atoms with van der Waals surface area (Å²) < 4.78 is 18.8. The van der Waals surface area contributed by atoms with E-state index in [1.165, 1.54) is 6.33 Å². The Labute approximate surface area is 255 Å². The van der Waals surface area contributed by atoms with E-state index in [1.54, 1.807) is 36.2 Å². The molecule has 1 aliphatic rings. The fourth-order valence-corrected chi connectivity index (χ4v) is 4.62. The predicted octanol–water partition coefficient (Wildman–Crippen LogP) is 4.16. The van der Waals surface area contributed by atoms with Crippen molar-refractivity contribution in [3.63, 3.8) is 0 Å². The summed E-state index contributed by atoms with van der Waals surface area (Å²) >= 11 is 0. The molecule has 0 saturated carbocycles. The smallest absolute Gasteiger partial charge is 0.248 e. The fourth-order valence-electron chi connectivity index (χ4n) is 4.62. The number of hydrogen-bond donors (Lipinski definition) is 3. The number of ether oxygens (including phenoxy) is 3. The Morgan fingerprint density at radius 1 is 1.23 bits per heavy atom. The summed E-state index contributed by atoms with van der Waals surface area (Å²) in [5.41, 5.74) is 2.77. The Bertz CT molecular complexity index is 1690. The number of carbonyl (C=O) groups excluding carboxylic acids is 1. The van der Waals surface area contributed by atoms with Gasteiger partial charge in [-0.1, -0.05) is 6.08 Å². The highest BCUT2D eigenvalue weighted by molar-refractivity contribution is 6.03. The molecular weight excluding hydrogens is 562 g/mol. The third kappa shape index (κ3) is 7.62. The van der Waals surface area contributed by atoms with Gasteiger partial charge in [0.25, 0.3) is 0 Å². The van der Waals surface area contributed by atoms with Gasteiger partial charge in [-0.3, -0.25) is 4.79 Å². The van der Waals surface area contributed by atoms with Crippen LogP contribution in [-0.2, 0) is 16.6 Å². The minimum Gasteiger partial charge on any atom is -0.489 e. The zero-order valence-electron chi connectivity index (χ0n) is 24.9. The lowest BCUT2D eigenvalue weighted by atomic mass is 10.1. The number of aryl methyl sites for hydroxylation is 2. The molecule has 3 N–H and O–H groups in total. The van der Waals surface area contributed by atoms with Crippen LogP contribution in [0.5, 0.6) is 11.5 Å². The van der Waals surface area contributed by atoms with Crippen LogP contribution in [0.3, 0.4) is 0 Å². The topological polar surface area (TPSA) is 150 Å². The minimum absolute atomic E-state index is 0.202. The largest absolute Gasteiger partial charge is 0.489 e. The highest BCUT2D eigenvalue weighted by atomic mass is 16.5. The summed E-state index contributed by atoms with van der Waals surface area (Å²) in [6.07, 6.45) is 10.3. The second-order valence-electron chi connectivity index (χ2n) is 10.1. The van der Waals surface area contributed by atoms with Crippen LogP contribution in [0, 0.1) is 6.92 Å². The van der Waals surface area contributed by atoms with Gasteiger partial charge in [-0.05, 0) is 62.9 Å². The second-order valence-corrected chi connectivity index (χ2v) is 10.1. The molecule has 13 nitrogen and oxygen atoms in total. The number of methoxy groups -OCH3 is 1. The molecule has 1 saturated heterocycles. The molecular formula is C31H35N9O4. The van der Waals surface area contributed by atoms with Crippen LogP contribution in [-0.4, -0.2) is 70.3 Å². The number of rotatable bonds is 13. The van der Waals surface area contributed by atoms with E-state index < -0.39 is 0 Å². The zero-order chi connectivity index (χ0) is 30.9. The van der Waals surface area contributed by atoms with Crippen LogP contribution in [0.15, 0.2) is 66.0 Å². The third-order valence-electron chi connectivity index (χ3n) is 6.92. The predicted molar refractivity (Wildman–Crippen MR) is 169 cm³/mol. The molecule has 228 valence electrons. The maximum Gasteiger partial charge on any atom is 0.248 e. The number of benzene rings is 2. The number of amides is 1. The van der Waals surface area contributed by atoms with Crippen LogP contribution in [0.25, 0.3) is 17.0 Å². The summed E-state index contributed by atoms with van der Waals surface area (Å²) in [6.45, 7) is 7.19. The highest BCUT2D eigenvalue weighted by Crippen LogP contribution is 2.34. The lowest BCUT2D eigenvalue weighted by molar-refractivity contribution is -0.111. The van der Waals surface area contributed by atoms with E-state index in [9.17, 15) is 4.79 Å². The van der Waals surface area contributed by atoms with Crippen LogP contribution in [0.1, 0.15) is 24.2 Å². The molecule has 1 aliphatic heterocycles. The summed E-state index contributed by atoms with van der Waals surface area (Å²) in [5, 5.41) is 18.3. The van der Waals surface area contributed by atoms with Crippen molar-refractivity contribution >= 4 is 46.8 Å². The van der Waals surface area contributed by atoms with E-state index >= 15 is 0 Å². The van der Waals surface area contributed by atoms with Crippen LogP contribution < -0.4 is 25.4 Å². The van der Waals surface area contributed by atoms with Gasteiger partial charge in [0, 0.05) is 49.5 Å². The molecule has 1 amide bonds. The van der Waals surface area contributed by atoms with Crippen molar-refractivity contribution in [3.05, 3.63) is 72.4 Å². The van der Waals surface area contributed by atoms with E-state index in [-0.39, 0.29) is 11.9 Å². The first kappa shape index (κ1) is 30.3. The van der Waals surface area contributed by atoms with Crippen molar-refractivity contribution < 1.29 is 19.0 Å². The monoisotopic (exact) mass is 597 g/mol. The zero-order valence-corrected chi connectivity index (χ0v) is 24.9. The Kier molecular flexibility index (Phi) is 9.89. The normalized spacial score (nSPS) is 15.1. The van der Waals surface area contributed by atoms with Crippen LogP contribution in [0.2, 0.25) is 0 Å². The highest BCUT2D eigenvalue weighted by Gasteiger charge is 2.15. The van der Waals surface area contributed by atoms with Gasteiger partial charge in [-0.25, -0.2) is 15.0 Å². The van der Waals surface area contributed by atoms with Gasteiger partial charge in [-0.15, -0.1) is 10.2 Å². The fraction of sp³-hybridized carbons (Fsp3) is 0.290. The van der Waals surface area contributed by atoms with Gasteiger partial charge in [0.2, 0.25) is 11.8 Å². The second kappa shape index (κ2) is 14.4. The Morgan fingerprint density at radius 2 is 2.11 bits per heavy atom. The Hall–Kier alpha value is -5.14. The minimum atomic E-state index is -0.256. The van der Waals surface area contributed by atoms with E-state index in [2.05, 4.69) is 47.8 Å². The maximum absolute atomic E-state index is 12.8. The van der Waals surface area contributed by atoms with E-state index in [0.717, 1.165) is 30.6 Å². The number of carbonyl (C=O) groups is 1. The number of nitrogens with zero attached hydrogens (tertiary/aromatic N) is 6. The quantitative estimate of drug-likeness (QED) is 0.0887. The molecule has 4 aromatic rings. The first-order valence-corrected chi connectivity index (χ1v) is 14.1. The molecule has 0 bridgehead atoms. The summed E-state index contributed by atoms with van der Waals surface area (Å²) in [7, 11) is 3.43. The summed E-state index contributed by atoms with van der Waals surface area (Å²) in [4.78, 5) is 25.7. The number of aromatic nitrogens is 5. The molecule has 0 unspecified atom stereocenters. The summed E-state index contributed by atoms with van der Waals surface area (Å²) in [6, 6.07) is 9.42. The molecule has 0 spiro atoms. The molecule has 1 atom stereocenters. The molecule has 44 heavy (non-hydrogen) atoms. The first-order chi connectivity index (χ1) is 21.4. The Balaban J connectivity index is 1.38. The third-order valence-corrected chi connectivity index (χ3v) is 6.92. The van der Waals surface area contributed by atoms with E-state index in [1.807, 2.05) is 44.3 Å². The van der Waals surface area contributed by atoms with Crippen molar-refractivity contribution in [3.8, 4) is 11.5 Å². The number of anilines is 3. The molecule has 0 aliphatic carbocycles. The van der Waals surface area contributed by atoms with Crippen molar-refractivity contribution in [1.82, 2.24) is 30.0 Å². The van der Waals surface area contributed by atoms with Crippen molar-refractivity contribution in [2.75, 3.05) is 37.5 Å². The molecule has 13 heteroatoms. The van der Waals surface area contributed by atoms with Crippen molar-refractivity contribution in [2.45, 2.75) is 25.8 Å². The lowest BCUT2D eigenvalue weighted by Gasteiger charge is -2.15. The van der Waals surface area contributed by atoms with Gasteiger partial charge >= 0.3 is 0 Å². The summed E-state index contributed by atoms with van der Waals surface area (Å²) in [5.74, 6) is 2.27.